The van der Waals surface area contributed by atoms with Gasteiger partial charge >= 0.3 is 0 Å². The van der Waals surface area contributed by atoms with E-state index in [2.05, 4.69) is 5.10 Å². The number of carbonyl (C=O) groups excluding carboxylic acids is 1. The normalized spacial score (nSPS) is 12.8. The molecule has 0 fully saturated rings. The summed E-state index contributed by atoms with van der Waals surface area (Å²) >= 11 is 0. The number of ether oxygens (including phenoxy) is 2. The van der Waals surface area contributed by atoms with Crippen molar-refractivity contribution in [3.05, 3.63) is 47.8 Å². The average molecular weight is 313 g/mol. The molecule has 1 aromatic heterocycles. The van der Waals surface area contributed by atoms with E-state index < -0.39 is 0 Å². The standard InChI is InChI=1S/C17H19N3O3/c1-3-20-11-14(9-18-20)10-19(2)17(21)7-5-13-4-6-15-16(8-13)23-12-22-15/h4-9,11H,3,10,12H2,1-2H3/b7-5+. The van der Waals surface area contributed by atoms with Crippen molar-refractivity contribution in [3.63, 3.8) is 0 Å². The van der Waals surface area contributed by atoms with Crippen LogP contribution in [-0.2, 0) is 17.9 Å². The number of likely N-dealkylation sites (N-methyl/N-ethyl adjacent to an activating group) is 1. The highest BCUT2D eigenvalue weighted by Gasteiger charge is 2.12. The van der Waals surface area contributed by atoms with E-state index in [0.29, 0.717) is 12.3 Å². The fourth-order valence-electron chi connectivity index (χ4n) is 2.32. The number of rotatable bonds is 5. The first kappa shape index (κ1) is 15.1. The molecule has 0 unspecified atom stereocenters. The molecule has 0 aliphatic carbocycles. The van der Waals surface area contributed by atoms with Gasteiger partial charge in [-0.25, -0.2) is 0 Å². The van der Waals surface area contributed by atoms with Crippen LogP contribution in [0.15, 0.2) is 36.7 Å². The predicted molar refractivity (Wildman–Crippen MR) is 86.0 cm³/mol. The highest BCUT2D eigenvalue weighted by molar-refractivity contribution is 5.91. The number of nitrogens with zero attached hydrogens (tertiary/aromatic N) is 3. The van der Waals surface area contributed by atoms with Gasteiger partial charge in [0.25, 0.3) is 0 Å². The molecule has 120 valence electrons. The van der Waals surface area contributed by atoms with Gasteiger partial charge in [-0.05, 0) is 30.7 Å². The van der Waals surface area contributed by atoms with Gasteiger partial charge in [0.1, 0.15) is 0 Å². The molecule has 1 amide bonds. The molecule has 0 bridgehead atoms. The maximum atomic E-state index is 12.2. The summed E-state index contributed by atoms with van der Waals surface area (Å²) in [5, 5.41) is 4.21. The summed E-state index contributed by atoms with van der Waals surface area (Å²) in [4.78, 5) is 13.8. The summed E-state index contributed by atoms with van der Waals surface area (Å²) in [6.45, 7) is 3.63. The monoisotopic (exact) mass is 313 g/mol. The molecule has 3 rings (SSSR count). The summed E-state index contributed by atoms with van der Waals surface area (Å²) < 4.78 is 12.4. The second-order valence-electron chi connectivity index (χ2n) is 5.34. The van der Waals surface area contributed by atoms with Gasteiger partial charge in [-0.1, -0.05) is 6.07 Å². The van der Waals surface area contributed by atoms with Crippen molar-refractivity contribution in [2.24, 2.45) is 0 Å². The lowest BCUT2D eigenvalue weighted by atomic mass is 10.2. The fourth-order valence-corrected chi connectivity index (χ4v) is 2.32. The Morgan fingerprint density at radius 2 is 2.22 bits per heavy atom. The third-order valence-corrected chi connectivity index (χ3v) is 3.62. The van der Waals surface area contributed by atoms with E-state index in [4.69, 9.17) is 9.47 Å². The van der Waals surface area contributed by atoms with Crippen molar-refractivity contribution >= 4 is 12.0 Å². The van der Waals surface area contributed by atoms with Gasteiger partial charge in [0.05, 0.1) is 6.20 Å². The largest absolute Gasteiger partial charge is 0.454 e. The maximum absolute atomic E-state index is 12.2. The highest BCUT2D eigenvalue weighted by atomic mass is 16.7. The number of hydrogen-bond acceptors (Lipinski definition) is 4. The fraction of sp³-hybridized carbons (Fsp3) is 0.294. The summed E-state index contributed by atoms with van der Waals surface area (Å²) in [6, 6.07) is 5.59. The maximum Gasteiger partial charge on any atom is 0.246 e. The van der Waals surface area contributed by atoms with Gasteiger partial charge in [-0.3, -0.25) is 9.48 Å². The van der Waals surface area contributed by atoms with Crippen molar-refractivity contribution < 1.29 is 14.3 Å². The minimum Gasteiger partial charge on any atom is -0.454 e. The molecule has 0 atom stereocenters. The first-order valence-corrected chi connectivity index (χ1v) is 7.50. The third-order valence-electron chi connectivity index (χ3n) is 3.62. The van der Waals surface area contributed by atoms with Crippen LogP contribution in [0.25, 0.3) is 6.08 Å². The lowest BCUT2D eigenvalue weighted by Gasteiger charge is -2.13. The number of hydrogen-bond donors (Lipinski definition) is 0. The average Bonchev–Trinajstić information content (AvgIpc) is 3.20. The number of carbonyl (C=O) groups is 1. The van der Waals surface area contributed by atoms with E-state index >= 15 is 0 Å². The molecule has 2 heterocycles. The first-order chi connectivity index (χ1) is 11.2. The lowest BCUT2D eigenvalue weighted by Crippen LogP contribution is -2.23. The molecule has 0 saturated carbocycles. The summed E-state index contributed by atoms with van der Waals surface area (Å²) in [5.41, 5.74) is 1.91. The van der Waals surface area contributed by atoms with Crippen molar-refractivity contribution in [1.82, 2.24) is 14.7 Å². The smallest absolute Gasteiger partial charge is 0.246 e. The van der Waals surface area contributed by atoms with Crippen molar-refractivity contribution in [2.75, 3.05) is 13.8 Å². The number of aryl methyl sites for hydroxylation is 1. The Balaban J connectivity index is 1.61. The van der Waals surface area contributed by atoms with E-state index in [1.807, 2.05) is 36.0 Å². The molecule has 6 nitrogen and oxygen atoms in total. The molecule has 0 radical (unpaired) electrons. The molecule has 0 saturated heterocycles. The van der Waals surface area contributed by atoms with Crippen LogP contribution in [0.1, 0.15) is 18.1 Å². The van der Waals surface area contributed by atoms with E-state index in [9.17, 15) is 4.79 Å². The van der Waals surface area contributed by atoms with Gasteiger partial charge in [-0.15, -0.1) is 0 Å². The Bertz CT molecular complexity index is 736. The summed E-state index contributed by atoms with van der Waals surface area (Å²) in [7, 11) is 1.77. The molecule has 1 aromatic carbocycles. The number of benzene rings is 1. The number of amides is 1. The van der Waals surface area contributed by atoms with Crippen LogP contribution >= 0.6 is 0 Å². The molecule has 0 spiro atoms. The molecular weight excluding hydrogens is 294 g/mol. The van der Waals surface area contributed by atoms with Crippen LogP contribution in [0, 0.1) is 0 Å². The summed E-state index contributed by atoms with van der Waals surface area (Å²) in [6.07, 6.45) is 7.07. The second-order valence-corrected chi connectivity index (χ2v) is 5.34. The molecule has 6 heteroatoms. The van der Waals surface area contributed by atoms with E-state index in [1.165, 1.54) is 0 Å². The molecule has 2 aromatic rings. The topological polar surface area (TPSA) is 56.6 Å². The minimum atomic E-state index is -0.0630. The van der Waals surface area contributed by atoms with Gasteiger partial charge in [0.15, 0.2) is 11.5 Å². The Morgan fingerprint density at radius 3 is 3.00 bits per heavy atom. The zero-order valence-electron chi connectivity index (χ0n) is 13.2. The highest BCUT2D eigenvalue weighted by Crippen LogP contribution is 2.32. The SMILES string of the molecule is CCn1cc(CN(C)C(=O)/C=C/c2ccc3c(c2)OCO3)cn1. The molecule has 0 N–H and O–H groups in total. The third kappa shape index (κ3) is 3.53. The first-order valence-electron chi connectivity index (χ1n) is 7.50. The van der Waals surface area contributed by atoms with Crippen molar-refractivity contribution in [2.45, 2.75) is 20.0 Å². The zero-order valence-corrected chi connectivity index (χ0v) is 13.2. The van der Waals surface area contributed by atoms with Crippen LogP contribution in [0.2, 0.25) is 0 Å². The van der Waals surface area contributed by atoms with Crippen molar-refractivity contribution in [1.29, 1.82) is 0 Å². The molecular formula is C17H19N3O3. The zero-order chi connectivity index (χ0) is 16.2. The Kier molecular flexibility index (Phi) is 4.32. The van der Waals surface area contributed by atoms with Crippen molar-refractivity contribution in [3.8, 4) is 11.5 Å². The van der Waals surface area contributed by atoms with Gasteiger partial charge < -0.3 is 14.4 Å². The van der Waals surface area contributed by atoms with E-state index in [-0.39, 0.29) is 12.7 Å². The van der Waals surface area contributed by atoms with Gasteiger partial charge in [0.2, 0.25) is 12.7 Å². The van der Waals surface area contributed by atoms with E-state index in [1.54, 1.807) is 30.3 Å². The molecule has 1 aliphatic heterocycles. The van der Waals surface area contributed by atoms with E-state index in [0.717, 1.165) is 23.4 Å². The van der Waals surface area contributed by atoms with Crippen LogP contribution < -0.4 is 9.47 Å². The van der Waals surface area contributed by atoms with Gasteiger partial charge in [0, 0.05) is 38.0 Å². The van der Waals surface area contributed by atoms with Crippen LogP contribution in [-0.4, -0.2) is 34.4 Å². The molecule has 23 heavy (non-hydrogen) atoms. The lowest BCUT2D eigenvalue weighted by molar-refractivity contribution is -0.125. The predicted octanol–water partition coefficient (Wildman–Crippen LogP) is 2.30. The Labute approximate surface area is 134 Å². The van der Waals surface area contributed by atoms with Crippen LogP contribution in [0.5, 0.6) is 11.5 Å². The number of fused-ring (bicyclic) bond motifs is 1. The molecule has 1 aliphatic rings. The van der Waals surface area contributed by atoms with Crippen LogP contribution in [0.3, 0.4) is 0 Å². The second kappa shape index (κ2) is 6.56. The minimum absolute atomic E-state index is 0.0630. The Morgan fingerprint density at radius 1 is 1.39 bits per heavy atom. The number of aromatic nitrogens is 2. The quantitative estimate of drug-likeness (QED) is 0.795. The summed E-state index contributed by atoms with van der Waals surface area (Å²) in [5.74, 6) is 1.38. The Hall–Kier alpha value is -2.76. The van der Waals surface area contributed by atoms with Crippen LogP contribution in [0.4, 0.5) is 0 Å². The van der Waals surface area contributed by atoms with Gasteiger partial charge in [-0.2, -0.15) is 5.10 Å².